The molecule has 2 fully saturated rings. The number of carbonyl (C=O) groups is 2. The smallest absolute Gasteiger partial charge is 0.410 e. The number of hydrogen-bond acceptors (Lipinski definition) is 8. The van der Waals surface area contributed by atoms with E-state index in [4.69, 9.17) is 14.5 Å². The van der Waals surface area contributed by atoms with Crippen molar-refractivity contribution in [1.82, 2.24) is 19.9 Å². The number of H-pyrrole nitrogens is 1. The van der Waals surface area contributed by atoms with Crippen LogP contribution < -0.4 is 4.90 Å². The fourth-order valence-corrected chi connectivity index (χ4v) is 6.47. The number of thioether (sulfide) groups is 1. The lowest BCUT2D eigenvalue weighted by Crippen LogP contribution is -2.57. The van der Waals surface area contributed by atoms with Gasteiger partial charge in [-0.2, -0.15) is 0 Å². The van der Waals surface area contributed by atoms with E-state index in [1.165, 1.54) is 18.2 Å². The van der Waals surface area contributed by atoms with Crippen molar-refractivity contribution in [2.75, 3.05) is 25.1 Å². The third-order valence-corrected chi connectivity index (χ3v) is 8.54. The van der Waals surface area contributed by atoms with Crippen LogP contribution in [0.2, 0.25) is 0 Å². The molecule has 0 spiro atoms. The summed E-state index contributed by atoms with van der Waals surface area (Å²) in [7, 11) is 1.37. The maximum absolute atomic E-state index is 13.1. The zero-order valence-electron chi connectivity index (χ0n) is 24.4. The molecule has 2 aliphatic heterocycles. The molecule has 2 unspecified atom stereocenters. The van der Waals surface area contributed by atoms with E-state index in [0.717, 1.165) is 29.1 Å². The van der Waals surface area contributed by atoms with Crippen LogP contribution >= 0.6 is 11.8 Å². The molecule has 10 heteroatoms. The summed E-state index contributed by atoms with van der Waals surface area (Å²) in [5.41, 5.74) is 3.64. The van der Waals surface area contributed by atoms with Gasteiger partial charge in [0.05, 0.1) is 31.0 Å². The monoisotopic (exact) mass is 565 g/mol. The van der Waals surface area contributed by atoms with Crippen LogP contribution in [0.1, 0.15) is 75.9 Å². The summed E-state index contributed by atoms with van der Waals surface area (Å²) >= 11 is 1.61. The first kappa shape index (κ1) is 28.3. The number of aromatic amines is 1. The maximum atomic E-state index is 13.1. The number of methoxy groups -OCH3 is 1. The van der Waals surface area contributed by atoms with Crippen LogP contribution in [-0.2, 0) is 20.6 Å². The highest BCUT2D eigenvalue weighted by Crippen LogP contribution is 2.38. The van der Waals surface area contributed by atoms with Crippen molar-refractivity contribution in [2.45, 2.75) is 88.3 Å². The number of piperazine rings is 1. The minimum Gasteiger partial charge on any atom is -0.465 e. The van der Waals surface area contributed by atoms with Crippen LogP contribution in [0, 0.1) is 0 Å². The molecule has 214 valence electrons. The van der Waals surface area contributed by atoms with Crippen molar-refractivity contribution in [3.63, 3.8) is 0 Å². The number of hydrogen-bond donors (Lipinski definition) is 1. The van der Waals surface area contributed by atoms with Crippen LogP contribution in [0.25, 0.3) is 11.0 Å². The number of ether oxygens (including phenoxy) is 2. The van der Waals surface area contributed by atoms with Gasteiger partial charge in [0.15, 0.2) is 0 Å². The zero-order chi connectivity index (χ0) is 28.8. The molecule has 2 bridgehead atoms. The molecule has 2 aromatic heterocycles. The number of esters is 1. The minimum atomic E-state index is -0.558. The van der Waals surface area contributed by atoms with Gasteiger partial charge in [-0.1, -0.05) is 56.8 Å². The second-order valence-electron chi connectivity index (χ2n) is 12.6. The van der Waals surface area contributed by atoms with Gasteiger partial charge in [0.25, 0.3) is 0 Å². The molecule has 2 saturated heterocycles. The minimum absolute atomic E-state index is 0.0202. The summed E-state index contributed by atoms with van der Waals surface area (Å²) in [5, 5.41) is 0.775. The van der Waals surface area contributed by atoms with E-state index in [1.54, 1.807) is 18.1 Å². The molecule has 2 atom stereocenters. The Bertz CT molecular complexity index is 1390. The van der Waals surface area contributed by atoms with E-state index in [1.807, 2.05) is 25.7 Å². The van der Waals surface area contributed by atoms with Gasteiger partial charge in [-0.25, -0.2) is 19.6 Å². The highest BCUT2D eigenvalue weighted by Gasteiger charge is 2.45. The number of imidazole rings is 1. The number of amides is 1. The Morgan fingerprint density at radius 2 is 1.70 bits per heavy atom. The summed E-state index contributed by atoms with van der Waals surface area (Å²) in [6.07, 6.45) is 3.07. The molecule has 0 saturated carbocycles. The predicted octanol–water partition coefficient (Wildman–Crippen LogP) is 5.92. The number of aromatic nitrogens is 3. The first-order valence-electron chi connectivity index (χ1n) is 13.8. The number of rotatable bonds is 5. The summed E-state index contributed by atoms with van der Waals surface area (Å²) in [4.78, 5) is 42.8. The standard InChI is InChI=1S/C30H39N5O4S/c1-29(2,3)19-10-8-18(9-11-19)16-40-26-24-23(31-17-32-24)22(27(36)38-7)25(33-26)34-14-20-12-13-21(15-34)35(20)28(37)39-30(4,5)6/h8-11,17,20-21H,12-16H2,1-7H3,(H,31,32). The molecule has 2 aliphatic rings. The third kappa shape index (κ3) is 5.64. The molecule has 9 nitrogen and oxygen atoms in total. The fraction of sp³-hybridized carbons (Fsp3) is 0.533. The Hall–Kier alpha value is -3.27. The van der Waals surface area contributed by atoms with Crippen molar-refractivity contribution >= 4 is 40.7 Å². The topological polar surface area (TPSA) is 101 Å². The normalized spacial score (nSPS) is 19.3. The molecule has 4 heterocycles. The molecular formula is C30H39N5O4S. The molecule has 3 aromatic rings. The van der Waals surface area contributed by atoms with E-state index in [2.05, 4.69) is 59.9 Å². The van der Waals surface area contributed by atoms with Crippen molar-refractivity contribution in [3.05, 3.63) is 47.3 Å². The third-order valence-electron chi connectivity index (χ3n) is 7.49. The van der Waals surface area contributed by atoms with E-state index in [9.17, 15) is 9.59 Å². The van der Waals surface area contributed by atoms with Crippen LogP contribution in [-0.4, -0.2) is 69.8 Å². The van der Waals surface area contributed by atoms with Crippen LogP contribution in [0.5, 0.6) is 0 Å². The second kappa shape index (κ2) is 10.6. The molecule has 5 rings (SSSR count). The van der Waals surface area contributed by atoms with E-state index in [0.29, 0.717) is 30.0 Å². The quantitative estimate of drug-likeness (QED) is 0.300. The maximum Gasteiger partial charge on any atom is 0.410 e. The van der Waals surface area contributed by atoms with Gasteiger partial charge in [-0.3, -0.25) is 4.90 Å². The highest BCUT2D eigenvalue weighted by molar-refractivity contribution is 7.98. The van der Waals surface area contributed by atoms with E-state index < -0.39 is 11.6 Å². The lowest BCUT2D eigenvalue weighted by Gasteiger charge is -2.42. The molecule has 1 aromatic carbocycles. The number of pyridine rings is 1. The van der Waals surface area contributed by atoms with Crippen LogP contribution in [0.4, 0.5) is 10.6 Å². The van der Waals surface area contributed by atoms with Gasteiger partial charge in [-0.15, -0.1) is 0 Å². The number of anilines is 1. The Kier molecular flexibility index (Phi) is 7.50. The number of nitrogens with one attached hydrogen (secondary N) is 1. The predicted molar refractivity (Wildman–Crippen MR) is 157 cm³/mol. The fourth-order valence-electron chi connectivity index (χ4n) is 5.53. The zero-order valence-corrected chi connectivity index (χ0v) is 25.2. The SMILES string of the molecule is COC(=O)c1c(N2CC3CCC(C2)N3C(=O)OC(C)(C)C)nc(SCc2ccc(C(C)(C)C)cc2)c2[nH]cnc12. The number of benzene rings is 1. The summed E-state index contributed by atoms with van der Waals surface area (Å²) in [6.45, 7) is 13.4. The average Bonchev–Trinajstić information content (AvgIpc) is 3.47. The van der Waals surface area contributed by atoms with Crippen molar-refractivity contribution < 1.29 is 19.1 Å². The van der Waals surface area contributed by atoms with Gasteiger partial charge in [0, 0.05) is 18.8 Å². The summed E-state index contributed by atoms with van der Waals surface area (Å²) in [5.74, 6) is 0.800. The first-order chi connectivity index (χ1) is 18.9. The number of nitrogens with zero attached hydrogens (tertiary/aromatic N) is 4. The molecule has 0 aliphatic carbocycles. The van der Waals surface area contributed by atoms with Crippen molar-refractivity contribution in [3.8, 4) is 0 Å². The van der Waals surface area contributed by atoms with E-state index >= 15 is 0 Å². The Balaban J connectivity index is 1.45. The summed E-state index contributed by atoms with van der Waals surface area (Å²) < 4.78 is 10.9. The lowest BCUT2D eigenvalue weighted by atomic mass is 9.87. The molecule has 1 N–H and O–H groups in total. The van der Waals surface area contributed by atoms with Crippen molar-refractivity contribution in [2.24, 2.45) is 0 Å². The average molecular weight is 566 g/mol. The Morgan fingerprint density at radius 3 is 2.27 bits per heavy atom. The largest absolute Gasteiger partial charge is 0.465 e. The Labute approximate surface area is 240 Å². The molecular weight excluding hydrogens is 526 g/mol. The number of fused-ring (bicyclic) bond motifs is 3. The van der Waals surface area contributed by atoms with Crippen molar-refractivity contribution in [1.29, 1.82) is 0 Å². The number of carbonyl (C=O) groups excluding carboxylic acids is 2. The van der Waals surface area contributed by atoms with Crippen LogP contribution in [0.15, 0.2) is 35.6 Å². The van der Waals surface area contributed by atoms with Gasteiger partial charge in [0.2, 0.25) is 0 Å². The lowest BCUT2D eigenvalue weighted by molar-refractivity contribution is 0.0122. The van der Waals surface area contributed by atoms with Gasteiger partial charge < -0.3 is 19.4 Å². The van der Waals surface area contributed by atoms with Crippen LogP contribution in [0.3, 0.4) is 0 Å². The Morgan fingerprint density at radius 1 is 1.05 bits per heavy atom. The van der Waals surface area contributed by atoms with Gasteiger partial charge in [-0.05, 0) is 50.2 Å². The molecule has 1 amide bonds. The van der Waals surface area contributed by atoms with Gasteiger partial charge in [0.1, 0.15) is 27.5 Å². The highest BCUT2D eigenvalue weighted by atomic mass is 32.2. The molecule has 0 radical (unpaired) electrons. The first-order valence-corrected chi connectivity index (χ1v) is 14.8. The van der Waals surface area contributed by atoms with E-state index in [-0.39, 0.29) is 23.6 Å². The van der Waals surface area contributed by atoms with Gasteiger partial charge >= 0.3 is 12.1 Å². The molecule has 40 heavy (non-hydrogen) atoms. The second-order valence-corrected chi connectivity index (χ2v) is 13.6. The summed E-state index contributed by atoms with van der Waals surface area (Å²) in [6, 6.07) is 8.65.